The number of para-hydroxylation sites is 1. The molecule has 136 valence electrons. The van der Waals surface area contributed by atoms with Gasteiger partial charge in [0.25, 0.3) is 0 Å². The van der Waals surface area contributed by atoms with Gasteiger partial charge in [0.15, 0.2) is 0 Å². The lowest BCUT2D eigenvalue weighted by Gasteiger charge is -2.08. The first-order valence-corrected chi connectivity index (χ1v) is 9.01. The van der Waals surface area contributed by atoms with E-state index in [0.717, 1.165) is 17.1 Å². The van der Waals surface area contributed by atoms with Crippen molar-refractivity contribution in [1.82, 2.24) is 0 Å². The van der Waals surface area contributed by atoms with Gasteiger partial charge in [-0.3, -0.25) is 4.79 Å². The van der Waals surface area contributed by atoms with E-state index in [9.17, 15) is 4.79 Å². The van der Waals surface area contributed by atoms with Gasteiger partial charge in [-0.25, -0.2) is 0 Å². The van der Waals surface area contributed by atoms with Gasteiger partial charge in [-0.2, -0.15) is 0 Å². The summed E-state index contributed by atoms with van der Waals surface area (Å²) in [6.07, 6.45) is 2.18. The lowest BCUT2D eigenvalue weighted by molar-refractivity contribution is -0.147. The fraction of sp³-hybridized carbons (Fsp3) is 0.348. The van der Waals surface area contributed by atoms with Crippen molar-refractivity contribution in [3.63, 3.8) is 0 Å². The summed E-state index contributed by atoms with van der Waals surface area (Å²) in [5, 5.41) is 0. The molecule has 0 aliphatic heterocycles. The van der Waals surface area contributed by atoms with Crippen molar-refractivity contribution in [2.45, 2.75) is 34.3 Å². The van der Waals surface area contributed by atoms with Gasteiger partial charge in [0.05, 0.1) is 5.92 Å². The lowest BCUT2D eigenvalue weighted by Crippen LogP contribution is -2.10. The average Bonchev–Trinajstić information content (AvgIpc) is 3.14. The molecule has 3 nitrogen and oxygen atoms in total. The molecule has 0 radical (unpaired) electrons. The molecule has 1 aliphatic carbocycles. The smallest absolute Gasteiger partial charge is 0.310 e. The van der Waals surface area contributed by atoms with Crippen molar-refractivity contribution in [3.05, 3.63) is 71.8 Å². The number of carbonyl (C=O) groups is 1. The number of carbonyl (C=O) groups excluding carboxylic acids is 1. The van der Waals surface area contributed by atoms with Crippen LogP contribution >= 0.6 is 0 Å². The lowest BCUT2D eigenvalue weighted by atomic mass is 10.1. The van der Waals surface area contributed by atoms with Gasteiger partial charge in [0.1, 0.15) is 18.1 Å². The molecule has 0 aromatic heterocycles. The molecule has 1 saturated carbocycles. The maximum absolute atomic E-state index is 12.4. The Hall–Kier alpha value is -2.55. The van der Waals surface area contributed by atoms with E-state index in [1.54, 1.807) is 0 Å². The van der Waals surface area contributed by atoms with Gasteiger partial charge in [-0.1, -0.05) is 55.8 Å². The highest BCUT2D eigenvalue weighted by atomic mass is 16.5. The second-order valence-corrected chi connectivity index (χ2v) is 7.74. The third-order valence-corrected chi connectivity index (χ3v) is 4.96. The normalized spacial score (nSPS) is 20.2. The SMILES string of the molecule is CC(C)=C[C@@H]1[C@H](C(=O)OCc2ccc(Oc3ccccc3)cc2)C1(C)C. The molecule has 0 amide bonds. The van der Waals surface area contributed by atoms with E-state index in [1.165, 1.54) is 5.57 Å². The van der Waals surface area contributed by atoms with Crippen LogP contribution in [0.1, 0.15) is 33.3 Å². The molecule has 1 aliphatic rings. The number of benzene rings is 2. The Labute approximate surface area is 155 Å². The zero-order valence-corrected chi connectivity index (χ0v) is 15.9. The van der Waals surface area contributed by atoms with Crippen molar-refractivity contribution in [3.8, 4) is 11.5 Å². The zero-order valence-electron chi connectivity index (χ0n) is 15.9. The summed E-state index contributed by atoms with van der Waals surface area (Å²) >= 11 is 0. The van der Waals surface area contributed by atoms with Gasteiger partial charge in [-0.05, 0) is 55.0 Å². The summed E-state index contributed by atoms with van der Waals surface area (Å²) in [5.74, 6) is 1.69. The molecule has 1 fully saturated rings. The Bertz CT molecular complexity index is 784. The van der Waals surface area contributed by atoms with E-state index < -0.39 is 0 Å². The minimum absolute atomic E-state index is 0.0122. The van der Waals surface area contributed by atoms with Crippen LogP contribution in [0.3, 0.4) is 0 Å². The fourth-order valence-electron chi connectivity index (χ4n) is 3.32. The minimum Gasteiger partial charge on any atom is -0.461 e. The Balaban J connectivity index is 1.54. The number of ether oxygens (including phenoxy) is 2. The summed E-state index contributed by atoms with van der Waals surface area (Å²) < 4.78 is 11.3. The molecular weight excluding hydrogens is 324 g/mol. The van der Waals surface area contributed by atoms with Gasteiger partial charge in [-0.15, -0.1) is 0 Å². The number of esters is 1. The average molecular weight is 350 g/mol. The zero-order chi connectivity index (χ0) is 18.7. The maximum Gasteiger partial charge on any atom is 0.310 e. The molecular formula is C23H26O3. The quantitative estimate of drug-likeness (QED) is 0.491. The van der Waals surface area contributed by atoms with Crippen LogP contribution in [0, 0.1) is 17.3 Å². The molecule has 0 N–H and O–H groups in total. The highest BCUT2D eigenvalue weighted by Gasteiger charge is 2.61. The standard InChI is InChI=1S/C23H26O3/c1-16(2)14-20-21(23(20,3)4)22(24)25-15-17-10-12-19(13-11-17)26-18-8-6-5-7-9-18/h5-14,20-21H,15H2,1-4H3/t20-,21-/m1/s1. The van der Waals surface area contributed by atoms with Gasteiger partial charge in [0.2, 0.25) is 0 Å². The Kier molecular flexibility index (Phi) is 5.17. The topological polar surface area (TPSA) is 35.5 Å². The number of allylic oxidation sites excluding steroid dienone is 2. The van der Waals surface area contributed by atoms with Gasteiger partial charge < -0.3 is 9.47 Å². The predicted molar refractivity (Wildman–Crippen MR) is 103 cm³/mol. The Morgan fingerprint density at radius 2 is 1.62 bits per heavy atom. The van der Waals surface area contributed by atoms with Crippen LogP contribution < -0.4 is 4.74 Å². The molecule has 0 spiro atoms. The first-order valence-electron chi connectivity index (χ1n) is 9.01. The van der Waals surface area contributed by atoms with Crippen LogP contribution in [-0.4, -0.2) is 5.97 Å². The van der Waals surface area contributed by atoms with Crippen molar-refractivity contribution < 1.29 is 14.3 Å². The van der Waals surface area contributed by atoms with Crippen LogP contribution in [0.5, 0.6) is 11.5 Å². The van der Waals surface area contributed by atoms with Crippen molar-refractivity contribution in [1.29, 1.82) is 0 Å². The van der Waals surface area contributed by atoms with Crippen LogP contribution in [0.15, 0.2) is 66.2 Å². The minimum atomic E-state index is -0.109. The van der Waals surface area contributed by atoms with Crippen LogP contribution in [0.25, 0.3) is 0 Å². The second-order valence-electron chi connectivity index (χ2n) is 7.74. The third kappa shape index (κ3) is 4.16. The molecule has 3 heteroatoms. The number of hydrogen-bond donors (Lipinski definition) is 0. The summed E-state index contributed by atoms with van der Waals surface area (Å²) in [7, 11) is 0. The fourth-order valence-corrected chi connectivity index (χ4v) is 3.32. The molecule has 0 bridgehead atoms. The maximum atomic E-state index is 12.4. The largest absolute Gasteiger partial charge is 0.461 e. The summed E-state index contributed by atoms with van der Waals surface area (Å²) in [6.45, 7) is 8.67. The Morgan fingerprint density at radius 3 is 2.23 bits per heavy atom. The molecule has 2 aromatic carbocycles. The summed E-state index contributed by atoms with van der Waals surface area (Å²) in [6, 6.07) is 17.3. The van der Waals surface area contributed by atoms with Crippen molar-refractivity contribution in [2.24, 2.45) is 17.3 Å². The molecule has 0 saturated heterocycles. The summed E-state index contributed by atoms with van der Waals surface area (Å²) in [4.78, 5) is 12.4. The monoisotopic (exact) mass is 350 g/mol. The molecule has 2 atom stereocenters. The second kappa shape index (κ2) is 7.36. The highest BCUT2D eigenvalue weighted by molar-refractivity contribution is 5.78. The van der Waals surface area contributed by atoms with Crippen LogP contribution in [0.4, 0.5) is 0 Å². The van der Waals surface area contributed by atoms with E-state index >= 15 is 0 Å². The Morgan fingerprint density at radius 1 is 1.00 bits per heavy atom. The van der Waals surface area contributed by atoms with Gasteiger partial charge in [0, 0.05) is 0 Å². The molecule has 26 heavy (non-hydrogen) atoms. The van der Waals surface area contributed by atoms with Crippen molar-refractivity contribution >= 4 is 5.97 Å². The molecule has 0 unspecified atom stereocenters. The molecule has 0 heterocycles. The predicted octanol–water partition coefficient (Wildman–Crippen LogP) is 5.76. The van der Waals surface area contributed by atoms with E-state index in [0.29, 0.717) is 6.61 Å². The first-order chi connectivity index (χ1) is 12.4. The summed E-state index contributed by atoms with van der Waals surface area (Å²) in [5.41, 5.74) is 2.19. The number of hydrogen-bond acceptors (Lipinski definition) is 3. The van der Waals surface area contributed by atoms with Crippen molar-refractivity contribution in [2.75, 3.05) is 0 Å². The van der Waals surface area contributed by atoms with Crippen LogP contribution in [0.2, 0.25) is 0 Å². The van der Waals surface area contributed by atoms with Gasteiger partial charge >= 0.3 is 5.97 Å². The highest BCUT2D eigenvalue weighted by Crippen LogP contribution is 2.59. The van der Waals surface area contributed by atoms with E-state index in [4.69, 9.17) is 9.47 Å². The molecule has 2 aromatic rings. The first kappa shape index (κ1) is 18.2. The van der Waals surface area contributed by atoms with E-state index in [-0.39, 0.29) is 23.2 Å². The van der Waals surface area contributed by atoms with E-state index in [2.05, 4.69) is 33.8 Å². The molecule has 3 rings (SSSR count). The number of rotatable bonds is 6. The third-order valence-electron chi connectivity index (χ3n) is 4.96. The van der Waals surface area contributed by atoms with Crippen LogP contribution in [-0.2, 0) is 16.1 Å². The van der Waals surface area contributed by atoms with E-state index in [1.807, 2.05) is 54.6 Å².